The topological polar surface area (TPSA) is 39.1 Å². The lowest BCUT2D eigenvalue weighted by molar-refractivity contribution is 0.412. The van der Waals surface area contributed by atoms with E-state index in [1.807, 2.05) is 19.9 Å². The maximum Gasteiger partial charge on any atom is 0.179 e. The standard InChI is InChI=1S/C14H19N.C6H12N2/c1-5-12(4)15-10-13-8-6-7-9-14(13)11(2)3;1-3-5-8(4-2)6-7/h6-9,15H,2,4-5,10H2,1,3H3;3-5H2,1-2H3. The van der Waals surface area contributed by atoms with E-state index in [1.54, 1.807) is 4.90 Å². The normalized spacial score (nSPS) is 9.17. The molecule has 0 aliphatic rings. The van der Waals surface area contributed by atoms with E-state index in [-0.39, 0.29) is 0 Å². The summed E-state index contributed by atoms with van der Waals surface area (Å²) < 4.78 is 0. The smallest absolute Gasteiger partial charge is 0.179 e. The van der Waals surface area contributed by atoms with E-state index in [2.05, 4.69) is 56.7 Å². The largest absolute Gasteiger partial charge is 0.385 e. The molecule has 0 fully saturated rings. The molecule has 1 N–H and O–H groups in total. The molecule has 0 saturated heterocycles. The molecule has 0 aliphatic heterocycles. The Morgan fingerprint density at radius 3 is 2.30 bits per heavy atom. The molecule has 23 heavy (non-hydrogen) atoms. The van der Waals surface area contributed by atoms with Gasteiger partial charge in [0.05, 0.1) is 0 Å². The maximum absolute atomic E-state index is 8.33. The lowest BCUT2D eigenvalue weighted by Crippen LogP contribution is -2.17. The summed E-state index contributed by atoms with van der Waals surface area (Å²) in [6.45, 7) is 18.7. The summed E-state index contributed by atoms with van der Waals surface area (Å²) in [5.41, 5.74) is 4.69. The highest BCUT2D eigenvalue weighted by atomic mass is 15.1. The lowest BCUT2D eigenvalue weighted by Gasteiger charge is -2.11. The second kappa shape index (κ2) is 12.3. The third-order valence-electron chi connectivity index (χ3n) is 3.45. The summed E-state index contributed by atoms with van der Waals surface area (Å²) in [6, 6.07) is 8.33. The van der Waals surface area contributed by atoms with Gasteiger partial charge in [0, 0.05) is 25.3 Å². The number of nitriles is 1. The Kier molecular flexibility index (Phi) is 11.2. The SMILES string of the molecule is C=C(CC)NCc1ccccc1C(=C)C.CCCN(C#N)CC. The number of hydrogen-bond donors (Lipinski definition) is 1. The molecule has 126 valence electrons. The van der Waals surface area contributed by atoms with Crippen LogP contribution in [0.15, 0.2) is 43.1 Å². The van der Waals surface area contributed by atoms with E-state index in [4.69, 9.17) is 5.26 Å². The molecule has 3 heteroatoms. The van der Waals surface area contributed by atoms with Crippen LogP contribution in [0.25, 0.3) is 5.57 Å². The number of hydrogen-bond acceptors (Lipinski definition) is 3. The third-order valence-corrected chi connectivity index (χ3v) is 3.45. The minimum Gasteiger partial charge on any atom is -0.385 e. The fraction of sp³-hybridized carbons (Fsp3) is 0.450. The Morgan fingerprint density at radius 1 is 1.22 bits per heavy atom. The molecule has 3 nitrogen and oxygen atoms in total. The monoisotopic (exact) mass is 313 g/mol. The van der Waals surface area contributed by atoms with Crippen molar-refractivity contribution in [3.63, 3.8) is 0 Å². The van der Waals surface area contributed by atoms with Crippen LogP contribution in [-0.2, 0) is 6.54 Å². The van der Waals surface area contributed by atoms with Gasteiger partial charge in [-0.25, -0.2) is 0 Å². The zero-order valence-electron chi connectivity index (χ0n) is 15.2. The van der Waals surface area contributed by atoms with Gasteiger partial charge < -0.3 is 10.2 Å². The summed E-state index contributed by atoms with van der Waals surface area (Å²) in [6.07, 6.45) is 4.11. The first-order chi connectivity index (χ1) is 11.0. The van der Waals surface area contributed by atoms with Crippen LogP contribution in [0.3, 0.4) is 0 Å². The highest BCUT2D eigenvalue weighted by Crippen LogP contribution is 2.17. The van der Waals surface area contributed by atoms with Crippen LogP contribution in [0, 0.1) is 11.5 Å². The minimum absolute atomic E-state index is 0.829. The Morgan fingerprint density at radius 2 is 1.87 bits per heavy atom. The maximum atomic E-state index is 8.33. The highest BCUT2D eigenvalue weighted by Gasteiger charge is 2.01. The molecule has 0 aromatic heterocycles. The van der Waals surface area contributed by atoms with Gasteiger partial charge in [0.15, 0.2) is 6.19 Å². The zero-order valence-corrected chi connectivity index (χ0v) is 15.2. The lowest BCUT2D eigenvalue weighted by atomic mass is 10.0. The van der Waals surface area contributed by atoms with Crippen molar-refractivity contribution >= 4 is 5.57 Å². The molecule has 0 heterocycles. The van der Waals surface area contributed by atoms with Crippen molar-refractivity contribution in [3.05, 3.63) is 54.2 Å². The zero-order chi connectivity index (χ0) is 17.7. The Hall–Kier alpha value is -2.21. The Labute approximate surface area is 142 Å². The van der Waals surface area contributed by atoms with Gasteiger partial charge in [-0.2, -0.15) is 5.26 Å². The molecule has 1 aromatic carbocycles. The van der Waals surface area contributed by atoms with Crippen molar-refractivity contribution in [1.29, 1.82) is 5.26 Å². The first-order valence-corrected chi connectivity index (χ1v) is 8.30. The Balaban J connectivity index is 0.000000515. The molecule has 0 saturated carbocycles. The molecule has 0 bridgehead atoms. The summed E-state index contributed by atoms with van der Waals surface area (Å²) >= 11 is 0. The summed E-state index contributed by atoms with van der Waals surface area (Å²) in [5, 5.41) is 11.6. The number of benzene rings is 1. The fourth-order valence-corrected chi connectivity index (χ4v) is 1.98. The van der Waals surface area contributed by atoms with E-state index in [9.17, 15) is 0 Å². The van der Waals surface area contributed by atoms with Crippen molar-refractivity contribution in [1.82, 2.24) is 10.2 Å². The predicted molar refractivity (Wildman–Crippen MR) is 101 cm³/mol. The number of rotatable bonds is 8. The molecule has 0 spiro atoms. The van der Waals surface area contributed by atoms with Crippen LogP contribution in [0.2, 0.25) is 0 Å². The molecule has 0 aliphatic carbocycles. The van der Waals surface area contributed by atoms with Crippen LogP contribution in [-0.4, -0.2) is 18.0 Å². The molecule has 0 unspecified atom stereocenters. The molecule has 1 rings (SSSR count). The second-order valence-corrected chi connectivity index (χ2v) is 5.43. The van der Waals surface area contributed by atoms with Crippen LogP contribution in [0.4, 0.5) is 0 Å². The van der Waals surface area contributed by atoms with E-state index in [1.165, 1.54) is 11.1 Å². The van der Waals surface area contributed by atoms with Gasteiger partial charge in [-0.15, -0.1) is 0 Å². The van der Waals surface area contributed by atoms with Crippen LogP contribution < -0.4 is 5.32 Å². The molecular formula is C20H31N3. The van der Waals surface area contributed by atoms with Crippen LogP contribution >= 0.6 is 0 Å². The van der Waals surface area contributed by atoms with Gasteiger partial charge in [-0.3, -0.25) is 0 Å². The molecule has 1 aromatic rings. The van der Waals surface area contributed by atoms with Crippen molar-refractivity contribution in [2.24, 2.45) is 0 Å². The first kappa shape index (κ1) is 20.8. The van der Waals surface area contributed by atoms with E-state index in [0.29, 0.717) is 0 Å². The van der Waals surface area contributed by atoms with Crippen LogP contribution in [0.1, 0.15) is 51.7 Å². The van der Waals surface area contributed by atoms with Gasteiger partial charge in [-0.05, 0) is 37.8 Å². The van der Waals surface area contributed by atoms with Crippen molar-refractivity contribution in [3.8, 4) is 6.19 Å². The Bertz CT molecular complexity index is 526. The number of nitrogens with one attached hydrogen (secondary N) is 1. The molecular weight excluding hydrogens is 282 g/mol. The van der Waals surface area contributed by atoms with Gasteiger partial charge >= 0.3 is 0 Å². The molecule has 0 atom stereocenters. The van der Waals surface area contributed by atoms with Crippen molar-refractivity contribution in [2.75, 3.05) is 13.1 Å². The average Bonchev–Trinajstić information content (AvgIpc) is 2.58. The second-order valence-electron chi connectivity index (χ2n) is 5.43. The fourth-order valence-electron chi connectivity index (χ4n) is 1.98. The van der Waals surface area contributed by atoms with Gasteiger partial charge in [0.1, 0.15) is 0 Å². The quantitative estimate of drug-likeness (QED) is 0.546. The first-order valence-electron chi connectivity index (χ1n) is 8.30. The van der Waals surface area contributed by atoms with E-state index >= 15 is 0 Å². The minimum atomic E-state index is 0.829. The number of allylic oxidation sites excluding steroid dienone is 2. The predicted octanol–water partition coefficient (Wildman–Crippen LogP) is 4.93. The van der Waals surface area contributed by atoms with Crippen molar-refractivity contribution < 1.29 is 0 Å². The average molecular weight is 313 g/mol. The summed E-state index contributed by atoms with van der Waals surface area (Å²) in [7, 11) is 0. The van der Waals surface area contributed by atoms with Gasteiger partial charge in [0.2, 0.25) is 0 Å². The number of nitrogens with zero attached hydrogens (tertiary/aromatic N) is 2. The van der Waals surface area contributed by atoms with E-state index < -0.39 is 0 Å². The van der Waals surface area contributed by atoms with Crippen LogP contribution in [0.5, 0.6) is 0 Å². The van der Waals surface area contributed by atoms with Gasteiger partial charge in [0.25, 0.3) is 0 Å². The van der Waals surface area contributed by atoms with Gasteiger partial charge in [-0.1, -0.05) is 56.8 Å². The molecule has 0 radical (unpaired) electrons. The summed E-state index contributed by atoms with van der Waals surface area (Å²) in [5.74, 6) is 0. The molecule has 0 amide bonds. The van der Waals surface area contributed by atoms with E-state index in [0.717, 1.165) is 43.7 Å². The van der Waals surface area contributed by atoms with Crippen molar-refractivity contribution in [2.45, 2.75) is 47.1 Å². The summed E-state index contributed by atoms with van der Waals surface area (Å²) in [4.78, 5) is 1.74. The third kappa shape index (κ3) is 8.73. The highest BCUT2D eigenvalue weighted by molar-refractivity contribution is 5.64.